The molecule has 6 heteroatoms. The van der Waals surface area contributed by atoms with E-state index in [9.17, 15) is 9.59 Å². The molecule has 2 aromatic heterocycles. The van der Waals surface area contributed by atoms with E-state index in [1.54, 1.807) is 4.57 Å². The first kappa shape index (κ1) is 18.5. The number of cyclic esters (lactones) is 1. The number of ether oxygens (including phenoxy) is 1. The van der Waals surface area contributed by atoms with Gasteiger partial charge in [0.05, 0.1) is 0 Å². The van der Waals surface area contributed by atoms with Crippen LogP contribution in [0.4, 0.5) is 0 Å². The van der Waals surface area contributed by atoms with Crippen LogP contribution in [0.2, 0.25) is 0 Å². The van der Waals surface area contributed by atoms with Crippen molar-refractivity contribution >= 4 is 36.3 Å². The zero-order valence-electron chi connectivity index (χ0n) is 16.8. The molecule has 0 saturated heterocycles. The molecule has 152 valence electrons. The molecule has 0 radical (unpaired) electrons. The minimum atomic E-state index is -0.865. The van der Waals surface area contributed by atoms with E-state index >= 15 is 0 Å². The van der Waals surface area contributed by atoms with Gasteiger partial charge in [0.1, 0.15) is 0 Å². The summed E-state index contributed by atoms with van der Waals surface area (Å²) in [5.41, 5.74) is 4.82. The Morgan fingerprint density at radius 2 is 1.81 bits per heavy atom. The van der Waals surface area contributed by atoms with Gasteiger partial charge in [0.25, 0.3) is 0 Å². The molecule has 0 spiro atoms. The Bertz CT molecular complexity index is 1440. The summed E-state index contributed by atoms with van der Waals surface area (Å²) < 4.78 is 7.51. The van der Waals surface area contributed by atoms with Crippen LogP contribution in [-0.4, -0.2) is 30.5 Å². The molecule has 2 aliphatic heterocycles. The van der Waals surface area contributed by atoms with Gasteiger partial charge >= 0.3 is 185 Å². The topological polar surface area (TPSA) is 61.2 Å². The third-order valence-corrected chi connectivity index (χ3v) is 8.82. The number of fused-ring (bicyclic) bond motifs is 5. The Morgan fingerprint density at radius 3 is 2.65 bits per heavy atom. The normalized spacial score (nSPS) is 18.9. The Morgan fingerprint density at radius 1 is 1.03 bits per heavy atom. The van der Waals surface area contributed by atoms with Gasteiger partial charge in [-0.05, 0) is 0 Å². The van der Waals surface area contributed by atoms with Gasteiger partial charge in [-0.25, -0.2) is 0 Å². The van der Waals surface area contributed by atoms with Crippen molar-refractivity contribution in [1.82, 2.24) is 9.55 Å². The summed E-state index contributed by atoms with van der Waals surface area (Å²) in [6, 6.07) is 22.0. The van der Waals surface area contributed by atoms with Gasteiger partial charge in [-0.3, -0.25) is 0 Å². The number of aromatic nitrogens is 2. The average molecular weight is 473 g/mol. The fraction of sp³-hybridized carbons (Fsp3) is 0.160. The molecule has 0 N–H and O–H groups in total. The average Bonchev–Trinajstić information content (AvgIpc) is 3.14. The van der Waals surface area contributed by atoms with Crippen molar-refractivity contribution in [2.24, 2.45) is 0 Å². The number of benzene rings is 2. The molecule has 4 aromatic rings. The molecule has 2 aromatic carbocycles. The fourth-order valence-corrected chi connectivity index (χ4v) is 7.00. The number of pyridine rings is 2. The van der Waals surface area contributed by atoms with Crippen LogP contribution in [0.3, 0.4) is 0 Å². The van der Waals surface area contributed by atoms with Gasteiger partial charge in [-0.15, -0.1) is 0 Å². The molecule has 2 aliphatic rings. The molecule has 0 bridgehead atoms. The van der Waals surface area contributed by atoms with Gasteiger partial charge in [-0.2, -0.15) is 0 Å². The molecular formula is C25H18N2O3Se. The summed E-state index contributed by atoms with van der Waals surface area (Å²) in [4.78, 5) is 31.3. The molecule has 0 fully saturated rings. The van der Waals surface area contributed by atoms with Crippen molar-refractivity contribution in [2.75, 3.05) is 0 Å². The molecule has 0 amide bonds. The second kappa shape index (κ2) is 6.64. The maximum atomic E-state index is 13.5. The van der Waals surface area contributed by atoms with Gasteiger partial charge < -0.3 is 0 Å². The second-order valence-corrected chi connectivity index (χ2v) is 11.2. The Balaban J connectivity index is 1.57. The first-order chi connectivity index (χ1) is 15.0. The third-order valence-electron chi connectivity index (χ3n) is 6.09. The molecule has 1 atom stereocenters. The molecular weight excluding hydrogens is 455 g/mol. The standard InChI is InChI=1S/C25H18N2O3Se/c1-25(31-17-8-3-2-4-9-17)19-12-21-22-16(11-15-7-5-6-10-20(15)26-22)13-27(21)23(28)18(19)14-30-24(25)29/h2-12H,13-14H2,1H3. The van der Waals surface area contributed by atoms with E-state index in [0.29, 0.717) is 12.1 Å². The van der Waals surface area contributed by atoms with Crippen LogP contribution in [0.5, 0.6) is 0 Å². The number of nitrogens with zero attached hydrogens (tertiary/aromatic N) is 2. The van der Waals surface area contributed by atoms with E-state index in [-0.39, 0.29) is 33.1 Å². The predicted molar refractivity (Wildman–Crippen MR) is 120 cm³/mol. The van der Waals surface area contributed by atoms with Crippen LogP contribution in [0.1, 0.15) is 23.6 Å². The Labute approximate surface area is 184 Å². The minimum absolute atomic E-state index is 0.0273. The van der Waals surface area contributed by atoms with Crippen LogP contribution in [0.25, 0.3) is 22.3 Å². The SMILES string of the molecule is CC1([Se]c2ccccc2)C(=O)OCc2c1cc1n(c2=O)Cc2cc3ccccc3nc2-1. The van der Waals surface area contributed by atoms with Crippen molar-refractivity contribution in [1.29, 1.82) is 0 Å². The van der Waals surface area contributed by atoms with Crippen LogP contribution in [-0.2, 0) is 27.0 Å². The van der Waals surface area contributed by atoms with Crippen molar-refractivity contribution < 1.29 is 9.53 Å². The zero-order chi connectivity index (χ0) is 21.2. The fourth-order valence-electron chi connectivity index (χ4n) is 4.49. The van der Waals surface area contributed by atoms with Crippen LogP contribution in [0, 0.1) is 0 Å². The van der Waals surface area contributed by atoms with Crippen LogP contribution >= 0.6 is 0 Å². The van der Waals surface area contributed by atoms with E-state index < -0.39 is 4.31 Å². The van der Waals surface area contributed by atoms with Gasteiger partial charge in [0.2, 0.25) is 0 Å². The molecule has 0 saturated carbocycles. The van der Waals surface area contributed by atoms with E-state index in [0.717, 1.165) is 37.9 Å². The molecule has 1 unspecified atom stereocenters. The predicted octanol–water partition coefficient (Wildman–Crippen LogP) is 2.73. The van der Waals surface area contributed by atoms with E-state index in [2.05, 4.69) is 6.07 Å². The Kier molecular flexibility index (Phi) is 3.98. The van der Waals surface area contributed by atoms with Gasteiger partial charge in [0.15, 0.2) is 0 Å². The summed E-state index contributed by atoms with van der Waals surface area (Å²) in [7, 11) is 0. The van der Waals surface area contributed by atoms with Crippen molar-refractivity contribution in [3.8, 4) is 11.4 Å². The number of carbonyl (C=O) groups excluding carboxylic acids is 1. The van der Waals surface area contributed by atoms with E-state index in [4.69, 9.17) is 9.72 Å². The van der Waals surface area contributed by atoms with Crippen molar-refractivity contribution in [3.63, 3.8) is 0 Å². The maximum absolute atomic E-state index is 13.5. The van der Waals surface area contributed by atoms with Crippen LogP contribution < -0.4 is 10.0 Å². The molecule has 6 rings (SSSR count). The van der Waals surface area contributed by atoms with E-state index in [1.807, 2.05) is 67.6 Å². The summed E-state index contributed by atoms with van der Waals surface area (Å²) in [5, 5.41) is 1.06. The van der Waals surface area contributed by atoms with Gasteiger partial charge in [0, 0.05) is 0 Å². The number of hydrogen-bond donors (Lipinski definition) is 0. The van der Waals surface area contributed by atoms with E-state index in [1.165, 1.54) is 0 Å². The monoisotopic (exact) mass is 474 g/mol. The summed E-state index contributed by atoms with van der Waals surface area (Å²) in [6.45, 7) is 2.42. The number of carbonyl (C=O) groups is 1. The second-order valence-electron chi connectivity index (χ2n) is 8.03. The number of rotatable bonds is 2. The number of hydrogen-bond acceptors (Lipinski definition) is 4. The van der Waals surface area contributed by atoms with Crippen molar-refractivity contribution in [2.45, 2.75) is 24.4 Å². The van der Waals surface area contributed by atoms with Crippen LogP contribution in [0.15, 0.2) is 71.5 Å². The molecule has 5 nitrogen and oxygen atoms in total. The number of para-hydroxylation sites is 1. The quantitative estimate of drug-likeness (QED) is 0.292. The number of esters is 1. The zero-order valence-corrected chi connectivity index (χ0v) is 18.5. The third kappa shape index (κ3) is 2.72. The summed E-state index contributed by atoms with van der Waals surface area (Å²) >= 11 is -0.232. The molecule has 31 heavy (non-hydrogen) atoms. The summed E-state index contributed by atoms with van der Waals surface area (Å²) in [6.07, 6.45) is 0. The molecule has 0 aliphatic carbocycles. The van der Waals surface area contributed by atoms with Crippen molar-refractivity contribution in [3.05, 3.63) is 93.8 Å². The Hall–Kier alpha value is -3.21. The summed E-state index contributed by atoms with van der Waals surface area (Å²) in [5.74, 6) is -0.266. The van der Waals surface area contributed by atoms with Gasteiger partial charge in [-0.1, -0.05) is 0 Å². The first-order valence-corrected chi connectivity index (χ1v) is 11.8. The molecule has 4 heterocycles. The first-order valence-electron chi connectivity index (χ1n) is 10.1.